The van der Waals surface area contributed by atoms with Gasteiger partial charge in [-0.25, -0.2) is 4.39 Å². The number of amides is 1. The number of halogens is 2. The summed E-state index contributed by atoms with van der Waals surface area (Å²) in [5.74, 6) is -0.757. The Balaban J connectivity index is 1.93. The maximum absolute atomic E-state index is 13.2. The van der Waals surface area contributed by atoms with Gasteiger partial charge in [-0.05, 0) is 24.3 Å². The van der Waals surface area contributed by atoms with Crippen LogP contribution in [0.2, 0.25) is 5.02 Å². The summed E-state index contributed by atoms with van der Waals surface area (Å²) in [7, 11) is 0. The van der Waals surface area contributed by atoms with E-state index >= 15 is 0 Å². The fraction of sp³-hybridized carbons (Fsp3) is 0. The molecule has 100 valence electrons. The van der Waals surface area contributed by atoms with Crippen molar-refractivity contribution in [3.8, 4) is 0 Å². The maximum atomic E-state index is 13.2. The Morgan fingerprint density at radius 1 is 1.20 bits per heavy atom. The van der Waals surface area contributed by atoms with Gasteiger partial charge in [-0.15, -0.1) is 11.3 Å². The third kappa shape index (κ3) is 2.53. The average molecular weight is 306 g/mol. The van der Waals surface area contributed by atoms with E-state index in [1.807, 2.05) is 24.3 Å². The highest BCUT2D eigenvalue weighted by molar-refractivity contribution is 7.17. The first-order chi connectivity index (χ1) is 9.63. The van der Waals surface area contributed by atoms with Gasteiger partial charge < -0.3 is 5.32 Å². The summed E-state index contributed by atoms with van der Waals surface area (Å²) in [6.07, 6.45) is 0. The lowest BCUT2D eigenvalue weighted by Gasteiger charge is -2.05. The molecule has 0 aliphatic carbocycles. The second kappa shape index (κ2) is 5.23. The lowest BCUT2D eigenvalue weighted by Crippen LogP contribution is -2.11. The number of rotatable bonds is 2. The number of carbonyl (C=O) groups excluding carboxylic acids is 1. The molecule has 0 saturated heterocycles. The van der Waals surface area contributed by atoms with Crippen LogP contribution in [0.3, 0.4) is 0 Å². The lowest BCUT2D eigenvalue weighted by atomic mass is 10.1. The molecule has 0 spiro atoms. The van der Waals surface area contributed by atoms with Gasteiger partial charge in [0.2, 0.25) is 0 Å². The van der Waals surface area contributed by atoms with Gasteiger partial charge in [-0.1, -0.05) is 29.8 Å². The molecule has 0 aliphatic heterocycles. The molecule has 3 rings (SSSR count). The quantitative estimate of drug-likeness (QED) is 0.713. The van der Waals surface area contributed by atoms with Gasteiger partial charge in [0.15, 0.2) is 0 Å². The number of nitrogens with one attached hydrogen (secondary N) is 1. The van der Waals surface area contributed by atoms with Crippen molar-refractivity contribution in [1.29, 1.82) is 0 Å². The summed E-state index contributed by atoms with van der Waals surface area (Å²) in [5.41, 5.74) is 0.918. The molecule has 1 aromatic heterocycles. The third-order valence-corrected chi connectivity index (χ3v) is 4.03. The number of fused-ring (bicyclic) bond motifs is 1. The molecule has 0 saturated carbocycles. The molecule has 0 bridgehead atoms. The van der Waals surface area contributed by atoms with Crippen LogP contribution in [0.15, 0.2) is 47.8 Å². The fourth-order valence-corrected chi connectivity index (χ4v) is 3.14. The largest absolute Gasteiger partial charge is 0.322 e. The smallest absolute Gasteiger partial charge is 0.257 e. The highest BCUT2D eigenvalue weighted by atomic mass is 35.5. The Labute approximate surface area is 123 Å². The van der Waals surface area contributed by atoms with Crippen molar-refractivity contribution in [2.45, 2.75) is 0 Å². The van der Waals surface area contributed by atoms with Crippen LogP contribution < -0.4 is 5.32 Å². The van der Waals surface area contributed by atoms with Crippen molar-refractivity contribution < 1.29 is 9.18 Å². The first-order valence-corrected chi connectivity index (χ1v) is 7.13. The minimum Gasteiger partial charge on any atom is -0.322 e. The van der Waals surface area contributed by atoms with Crippen LogP contribution in [0.4, 0.5) is 10.1 Å². The molecule has 0 aliphatic rings. The van der Waals surface area contributed by atoms with Gasteiger partial charge >= 0.3 is 0 Å². The summed E-state index contributed by atoms with van der Waals surface area (Å²) < 4.78 is 14.3. The van der Waals surface area contributed by atoms with Crippen LogP contribution in [-0.2, 0) is 0 Å². The summed E-state index contributed by atoms with van der Waals surface area (Å²) in [5, 5.41) is 5.59. The molecule has 0 unspecified atom stereocenters. The second-order valence-corrected chi connectivity index (χ2v) is 5.61. The van der Waals surface area contributed by atoms with Crippen LogP contribution in [0.1, 0.15) is 10.4 Å². The molecule has 1 amide bonds. The molecule has 5 heteroatoms. The van der Waals surface area contributed by atoms with Gasteiger partial charge in [-0.2, -0.15) is 0 Å². The van der Waals surface area contributed by atoms with Crippen LogP contribution >= 0.6 is 22.9 Å². The lowest BCUT2D eigenvalue weighted by molar-refractivity contribution is 0.102. The molecule has 3 aromatic rings. The predicted molar refractivity (Wildman–Crippen MR) is 81.2 cm³/mol. The fourth-order valence-electron chi connectivity index (χ4n) is 1.98. The molecular weight excluding hydrogens is 297 g/mol. The van der Waals surface area contributed by atoms with Crippen LogP contribution in [0.25, 0.3) is 10.1 Å². The van der Waals surface area contributed by atoms with Crippen molar-refractivity contribution in [2.75, 3.05) is 5.32 Å². The molecule has 0 radical (unpaired) electrons. The number of hydrogen-bond acceptors (Lipinski definition) is 2. The van der Waals surface area contributed by atoms with Crippen LogP contribution in [0, 0.1) is 5.82 Å². The van der Waals surface area contributed by atoms with Crippen molar-refractivity contribution >= 4 is 44.6 Å². The number of hydrogen-bond donors (Lipinski definition) is 1. The van der Waals surface area contributed by atoms with E-state index in [0.717, 1.165) is 10.1 Å². The van der Waals surface area contributed by atoms with Gasteiger partial charge in [0.05, 0.1) is 5.56 Å². The molecule has 0 fully saturated rings. The van der Waals surface area contributed by atoms with Crippen LogP contribution in [0.5, 0.6) is 0 Å². The van der Waals surface area contributed by atoms with E-state index in [0.29, 0.717) is 11.3 Å². The first-order valence-electron chi connectivity index (χ1n) is 5.87. The minimum absolute atomic E-state index is 0.246. The first kappa shape index (κ1) is 13.1. The second-order valence-electron chi connectivity index (χ2n) is 4.26. The summed E-state index contributed by atoms with van der Waals surface area (Å²) >= 11 is 7.26. The average Bonchev–Trinajstić information content (AvgIpc) is 2.81. The summed E-state index contributed by atoms with van der Waals surface area (Å²) in [6.45, 7) is 0. The zero-order valence-corrected chi connectivity index (χ0v) is 11.8. The van der Waals surface area contributed by atoms with Gasteiger partial charge in [0, 0.05) is 26.2 Å². The van der Waals surface area contributed by atoms with Crippen LogP contribution in [-0.4, -0.2) is 5.91 Å². The summed E-state index contributed by atoms with van der Waals surface area (Å²) in [6, 6.07) is 11.6. The number of anilines is 1. The minimum atomic E-state index is -0.483. The zero-order valence-electron chi connectivity index (χ0n) is 10.2. The molecule has 1 N–H and O–H groups in total. The number of carbonyl (C=O) groups is 1. The third-order valence-electron chi connectivity index (χ3n) is 2.85. The Morgan fingerprint density at radius 3 is 2.80 bits per heavy atom. The van der Waals surface area contributed by atoms with Crippen molar-refractivity contribution in [2.24, 2.45) is 0 Å². The highest BCUT2D eigenvalue weighted by Gasteiger charge is 2.12. The highest BCUT2D eigenvalue weighted by Crippen LogP contribution is 2.27. The Kier molecular flexibility index (Phi) is 3.42. The Bertz CT molecular complexity index is 779. The number of benzene rings is 2. The number of thiophene rings is 1. The molecule has 2 aromatic carbocycles. The zero-order chi connectivity index (χ0) is 14.1. The van der Waals surface area contributed by atoms with E-state index in [9.17, 15) is 9.18 Å². The standard InChI is InChI=1S/C15H9ClFNOS/c16-9-5-10(17)7-11(6-9)18-15(19)13-8-20-14-4-2-1-3-12(13)14/h1-8H,(H,18,19). The van der Waals surface area contributed by atoms with E-state index in [4.69, 9.17) is 11.6 Å². The SMILES string of the molecule is O=C(Nc1cc(F)cc(Cl)c1)c1csc2ccccc12. The topological polar surface area (TPSA) is 29.1 Å². The Morgan fingerprint density at radius 2 is 2.00 bits per heavy atom. The molecule has 0 atom stereocenters. The Hall–Kier alpha value is -1.91. The van der Waals surface area contributed by atoms with E-state index in [2.05, 4.69) is 5.32 Å². The molecular formula is C15H9ClFNOS. The van der Waals surface area contributed by atoms with E-state index in [1.165, 1.54) is 29.5 Å². The van der Waals surface area contributed by atoms with E-state index in [-0.39, 0.29) is 10.9 Å². The van der Waals surface area contributed by atoms with Gasteiger partial charge in [0.25, 0.3) is 5.91 Å². The predicted octanol–water partition coefficient (Wildman–Crippen LogP) is 4.95. The van der Waals surface area contributed by atoms with Crippen molar-refractivity contribution in [3.63, 3.8) is 0 Å². The summed E-state index contributed by atoms with van der Waals surface area (Å²) in [4.78, 5) is 12.2. The van der Waals surface area contributed by atoms with Gasteiger partial charge in [0.1, 0.15) is 5.82 Å². The molecule has 1 heterocycles. The monoisotopic (exact) mass is 305 g/mol. The van der Waals surface area contributed by atoms with Crippen molar-refractivity contribution in [3.05, 3.63) is 64.2 Å². The normalized spacial score (nSPS) is 10.7. The molecule has 20 heavy (non-hydrogen) atoms. The van der Waals surface area contributed by atoms with Gasteiger partial charge in [-0.3, -0.25) is 4.79 Å². The molecule has 2 nitrogen and oxygen atoms in total. The maximum Gasteiger partial charge on any atom is 0.257 e. The van der Waals surface area contributed by atoms with E-state index < -0.39 is 5.82 Å². The van der Waals surface area contributed by atoms with Crippen molar-refractivity contribution in [1.82, 2.24) is 0 Å². The van der Waals surface area contributed by atoms with E-state index in [1.54, 1.807) is 5.38 Å².